The average Bonchev–Trinajstić information content (AvgIpc) is 2.96. The number of hydrogen-bond acceptors (Lipinski definition) is 5. The zero-order chi connectivity index (χ0) is 21.3. The second-order valence-electron chi connectivity index (χ2n) is 6.06. The Morgan fingerprint density at radius 1 is 1.14 bits per heavy atom. The van der Waals surface area contributed by atoms with Crippen molar-refractivity contribution in [3.63, 3.8) is 0 Å². The maximum absolute atomic E-state index is 12.9. The van der Waals surface area contributed by atoms with E-state index in [-0.39, 0.29) is 10.5 Å². The largest absolute Gasteiger partial charge is 0.493 e. The summed E-state index contributed by atoms with van der Waals surface area (Å²) in [6, 6.07) is 9.09. The second-order valence-corrected chi connectivity index (χ2v) is 8.47. The molecule has 0 amide bonds. The van der Waals surface area contributed by atoms with Crippen molar-refractivity contribution in [1.82, 2.24) is 9.78 Å². The number of hydrogen-bond donors (Lipinski definition) is 2. The van der Waals surface area contributed by atoms with Crippen LogP contribution in [0.1, 0.15) is 5.56 Å². The summed E-state index contributed by atoms with van der Waals surface area (Å²) < 4.78 is 35.4. The van der Waals surface area contributed by atoms with Crippen molar-refractivity contribution in [2.75, 3.05) is 14.2 Å². The predicted octanol–water partition coefficient (Wildman–Crippen LogP) is 0.832. The van der Waals surface area contributed by atoms with Crippen molar-refractivity contribution in [3.8, 4) is 17.2 Å². The number of nitrogens with two attached hydrogens (primary N) is 1. The van der Waals surface area contributed by atoms with Gasteiger partial charge in [-0.05, 0) is 48.0 Å². The Morgan fingerprint density at radius 3 is 2.28 bits per heavy atom. The molecule has 0 saturated heterocycles. The quantitative estimate of drug-likeness (QED) is 0.562. The summed E-state index contributed by atoms with van der Waals surface area (Å²) in [7, 11) is -0.756. The van der Waals surface area contributed by atoms with Crippen molar-refractivity contribution >= 4 is 38.6 Å². The molecule has 0 spiro atoms. The summed E-state index contributed by atoms with van der Waals surface area (Å²) >= 11 is 3.46. The Balaban J connectivity index is 2.14. The molecule has 0 aliphatic heterocycles. The van der Waals surface area contributed by atoms with E-state index in [9.17, 15) is 13.2 Å². The molecule has 0 radical (unpaired) electrons. The Morgan fingerprint density at radius 2 is 1.72 bits per heavy atom. The molecule has 0 atom stereocenters. The van der Waals surface area contributed by atoms with Gasteiger partial charge >= 0.3 is 0 Å². The fourth-order valence-corrected chi connectivity index (χ4v) is 3.70. The van der Waals surface area contributed by atoms with Crippen molar-refractivity contribution in [3.05, 3.63) is 67.4 Å². The molecule has 0 unspecified atom stereocenters. The number of sulfonamides is 1. The van der Waals surface area contributed by atoms with E-state index < -0.39 is 10.0 Å². The first-order valence-corrected chi connectivity index (χ1v) is 10.6. The smallest absolute Gasteiger partial charge is 0.279 e. The highest BCUT2D eigenvalue weighted by molar-refractivity contribution is 9.10. The van der Waals surface area contributed by atoms with Gasteiger partial charge in [0.1, 0.15) is 0 Å². The van der Waals surface area contributed by atoms with Gasteiger partial charge in [0.25, 0.3) is 5.56 Å². The monoisotopic (exact) mass is 479 g/mol. The number of benzene rings is 2. The molecule has 8 nitrogen and oxygen atoms in total. The van der Waals surface area contributed by atoms with Crippen LogP contribution in [-0.2, 0) is 10.0 Å². The summed E-state index contributed by atoms with van der Waals surface area (Å²) in [5, 5.41) is 8.73. The summed E-state index contributed by atoms with van der Waals surface area (Å²) in [4.78, 5) is 12.9. The molecule has 152 valence electrons. The van der Waals surface area contributed by atoms with Crippen molar-refractivity contribution in [2.45, 2.75) is 4.90 Å². The number of methoxy groups -OCH3 is 2. The van der Waals surface area contributed by atoms with Gasteiger partial charge in [0, 0.05) is 4.47 Å². The minimum atomic E-state index is -3.82. The number of primary sulfonamides is 1. The molecule has 3 rings (SSSR count). The lowest BCUT2D eigenvalue weighted by atomic mass is 10.1. The van der Waals surface area contributed by atoms with Gasteiger partial charge < -0.3 is 9.47 Å². The van der Waals surface area contributed by atoms with Gasteiger partial charge in [-0.25, -0.2) is 18.2 Å². The predicted molar refractivity (Wildman–Crippen MR) is 113 cm³/mol. The molecule has 2 aromatic carbocycles. The highest BCUT2D eigenvalue weighted by atomic mass is 79.9. The summed E-state index contributed by atoms with van der Waals surface area (Å²) in [5.41, 5.74) is 0.791. The Kier molecular flexibility index (Phi) is 5.69. The van der Waals surface area contributed by atoms with Crippen LogP contribution in [0.3, 0.4) is 0 Å². The third kappa shape index (κ3) is 4.14. The zero-order valence-electron chi connectivity index (χ0n) is 15.6. The molecule has 3 aromatic rings. The minimum absolute atomic E-state index is 0.0447. The van der Waals surface area contributed by atoms with E-state index in [1.54, 1.807) is 18.2 Å². The molecule has 0 aliphatic rings. The fraction of sp³-hybridized carbons (Fsp3) is 0.105. The molecule has 1 aromatic heterocycles. The van der Waals surface area contributed by atoms with E-state index in [1.165, 1.54) is 43.2 Å². The highest BCUT2D eigenvalue weighted by Crippen LogP contribution is 2.33. The van der Waals surface area contributed by atoms with Crippen molar-refractivity contribution in [1.29, 1.82) is 0 Å². The van der Waals surface area contributed by atoms with Crippen LogP contribution < -0.4 is 30.7 Å². The maximum atomic E-state index is 12.9. The molecule has 3 N–H and O–H groups in total. The third-order valence-corrected chi connectivity index (χ3v) is 5.85. The number of H-pyrrole nitrogens is 1. The zero-order valence-corrected chi connectivity index (χ0v) is 18.0. The van der Waals surface area contributed by atoms with Gasteiger partial charge in [-0.3, -0.25) is 9.89 Å². The number of ether oxygens (including phenoxy) is 2. The lowest BCUT2D eigenvalue weighted by Crippen LogP contribution is -2.34. The molecule has 10 heteroatoms. The van der Waals surface area contributed by atoms with E-state index >= 15 is 0 Å². The minimum Gasteiger partial charge on any atom is -0.493 e. The topological polar surface area (TPSA) is 116 Å². The SMILES string of the molecule is C=c1[nH]n(-c2ccc(S(N)(=O)=O)cc2)c(=O)/c1=C\c1cc(OC)c(OC)cc1Br. The van der Waals surface area contributed by atoms with E-state index in [0.29, 0.717) is 37.8 Å². The van der Waals surface area contributed by atoms with E-state index in [2.05, 4.69) is 27.6 Å². The summed E-state index contributed by atoms with van der Waals surface area (Å²) in [6.07, 6.45) is 1.67. The molecular weight excluding hydrogens is 462 g/mol. The van der Waals surface area contributed by atoms with Crippen LogP contribution >= 0.6 is 15.9 Å². The third-order valence-electron chi connectivity index (χ3n) is 4.23. The molecule has 29 heavy (non-hydrogen) atoms. The van der Waals surface area contributed by atoms with Gasteiger partial charge in [0.05, 0.1) is 35.4 Å². The summed E-state index contributed by atoms with van der Waals surface area (Å²) in [5.74, 6) is 1.06. The average molecular weight is 480 g/mol. The highest BCUT2D eigenvalue weighted by Gasteiger charge is 2.11. The van der Waals surface area contributed by atoms with Gasteiger partial charge in [0.15, 0.2) is 11.5 Å². The van der Waals surface area contributed by atoms with Crippen LogP contribution in [0.4, 0.5) is 0 Å². The lowest BCUT2D eigenvalue weighted by Gasteiger charge is -2.09. The number of halogens is 1. The maximum Gasteiger partial charge on any atom is 0.279 e. The standard InChI is InChI=1S/C19H18BrN3O5S/c1-11-15(8-12-9-17(27-2)18(28-3)10-16(12)20)19(24)23(22-11)13-4-6-14(7-5-13)29(21,25)26/h4-10,22H,1H2,2-3H3,(H2,21,25,26)/b15-8-. The number of nitrogens with one attached hydrogen (secondary N) is 1. The van der Waals surface area contributed by atoms with Crippen LogP contribution in [0.25, 0.3) is 18.3 Å². The van der Waals surface area contributed by atoms with E-state index in [1.807, 2.05) is 0 Å². The number of aromatic amines is 1. The number of nitrogens with zero attached hydrogens (tertiary/aromatic N) is 1. The molecule has 0 aliphatic carbocycles. The van der Waals surface area contributed by atoms with Crippen LogP contribution in [0.5, 0.6) is 11.5 Å². The van der Waals surface area contributed by atoms with Crippen LogP contribution in [0.15, 0.2) is 50.6 Å². The van der Waals surface area contributed by atoms with Crippen molar-refractivity contribution in [2.24, 2.45) is 5.14 Å². The normalized spacial score (nSPS) is 12.2. The number of rotatable bonds is 5. The van der Waals surface area contributed by atoms with Crippen LogP contribution in [-0.4, -0.2) is 32.4 Å². The van der Waals surface area contributed by atoms with Crippen LogP contribution in [0.2, 0.25) is 0 Å². The molecule has 0 bridgehead atoms. The first-order chi connectivity index (χ1) is 13.7. The van der Waals surface area contributed by atoms with Gasteiger partial charge in [0.2, 0.25) is 10.0 Å². The Labute approximate surface area is 175 Å². The fourth-order valence-electron chi connectivity index (χ4n) is 2.75. The summed E-state index contributed by atoms with van der Waals surface area (Å²) in [6.45, 7) is 3.89. The second kappa shape index (κ2) is 7.90. The Bertz CT molecular complexity index is 1340. The number of aromatic nitrogens is 2. The lowest BCUT2D eigenvalue weighted by molar-refractivity contribution is 0.354. The van der Waals surface area contributed by atoms with Gasteiger partial charge in [-0.15, -0.1) is 0 Å². The van der Waals surface area contributed by atoms with E-state index in [4.69, 9.17) is 14.6 Å². The molecule has 0 fully saturated rings. The Hall–Kier alpha value is -2.82. The molecule has 0 saturated carbocycles. The van der Waals surface area contributed by atoms with Gasteiger partial charge in [-0.1, -0.05) is 22.5 Å². The van der Waals surface area contributed by atoms with Crippen LogP contribution in [0, 0.1) is 0 Å². The first kappa shape index (κ1) is 20.9. The van der Waals surface area contributed by atoms with Crippen molar-refractivity contribution < 1.29 is 17.9 Å². The molecular formula is C19H18BrN3O5S. The molecule has 1 heterocycles. The first-order valence-electron chi connectivity index (χ1n) is 8.22. The van der Waals surface area contributed by atoms with E-state index in [0.717, 1.165) is 0 Å². The van der Waals surface area contributed by atoms with Gasteiger partial charge in [-0.2, -0.15) is 0 Å².